The number of piperidine rings is 1. The zero-order chi connectivity index (χ0) is 33.9. The van der Waals surface area contributed by atoms with Crippen molar-refractivity contribution in [1.82, 2.24) is 15.2 Å². The van der Waals surface area contributed by atoms with Crippen LogP contribution in [0.15, 0.2) is 48.7 Å². The van der Waals surface area contributed by atoms with Crippen LogP contribution < -0.4 is 19.5 Å². The molecule has 1 amide bonds. The summed E-state index contributed by atoms with van der Waals surface area (Å²) in [6.07, 6.45) is 6.55. The molecule has 2 atom stereocenters. The number of halogens is 2. The van der Waals surface area contributed by atoms with Gasteiger partial charge >= 0.3 is 0 Å². The second-order valence-electron chi connectivity index (χ2n) is 12.5. The third-order valence-corrected chi connectivity index (χ3v) is 9.29. The number of hydrogen-bond acceptors (Lipinski definition) is 8. The number of amides is 1. The molecule has 260 valence electrons. The Morgan fingerprint density at radius 1 is 0.896 bits per heavy atom. The van der Waals surface area contributed by atoms with Gasteiger partial charge in [-0.1, -0.05) is 35.3 Å². The number of aryl methyl sites for hydroxylation is 2. The van der Waals surface area contributed by atoms with E-state index in [9.17, 15) is 4.79 Å². The van der Waals surface area contributed by atoms with Gasteiger partial charge in [0, 0.05) is 52.2 Å². The summed E-state index contributed by atoms with van der Waals surface area (Å²) in [5.74, 6) is 1.81. The Hall–Kier alpha value is -3.08. The fourth-order valence-corrected chi connectivity index (χ4v) is 6.93. The lowest BCUT2D eigenvalue weighted by atomic mass is 9.81. The van der Waals surface area contributed by atoms with Gasteiger partial charge in [-0.2, -0.15) is 0 Å². The van der Waals surface area contributed by atoms with Crippen molar-refractivity contribution in [3.63, 3.8) is 0 Å². The Kier molecular flexibility index (Phi) is 13.6. The molecular weight excluding hydrogens is 653 g/mol. The number of carbonyl (C=O) groups is 1. The van der Waals surface area contributed by atoms with Crippen molar-refractivity contribution in [3.8, 4) is 17.4 Å². The fraction of sp³-hybridized carbons (Fsp3) is 0.514. The first-order valence-corrected chi connectivity index (χ1v) is 17.5. The maximum Gasteiger partial charge on any atom is 0.228 e. The van der Waals surface area contributed by atoms with Gasteiger partial charge in [-0.15, -0.1) is 0 Å². The molecule has 11 heteroatoms. The summed E-state index contributed by atoms with van der Waals surface area (Å²) in [6, 6.07) is 14.1. The van der Waals surface area contributed by atoms with E-state index in [1.165, 1.54) is 5.56 Å². The van der Waals surface area contributed by atoms with Gasteiger partial charge in [0.05, 0.1) is 22.6 Å². The number of nitrogens with zero attached hydrogens (tertiary/aromatic N) is 2. The van der Waals surface area contributed by atoms with Crippen LogP contribution in [0.25, 0.3) is 0 Å². The Bertz CT molecular complexity index is 1440. The van der Waals surface area contributed by atoms with Crippen molar-refractivity contribution in [2.75, 3.05) is 60.3 Å². The van der Waals surface area contributed by atoms with Crippen molar-refractivity contribution < 1.29 is 28.5 Å². The Labute approximate surface area is 294 Å². The topological polar surface area (TPSA) is 91.4 Å². The number of aromatic nitrogens is 1. The molecular formula is C37H47Cl2N3O6. The molecule has 1 aromatic heterocycles. The van der Waals surface area contributed by atoms with Crippen molar-refractivity contribution in [1.29, 1.82) is 0 Å². The number of methoxy groups -OCH3 is 2. The van der Waals surface area contributed by atoms with Crippen LogP contribution in [0, 0.1) is 12.8 Å². The van der Waals surface area contributed by atoms with Gasteiger partial charge in [-0.05, 0) is 98.0 Å². The Morgan fingerprint density at radius 3 is 2.33 bits per heavy atom. The van der Waals surface area contributed by atoms with Crippen LogP contribution in [0.4, 0.5) is 0 Å². The minimum absolute atomic E-state index is 0.0593. The summed E-state index contributed by atoms with van der Waals surface area (Å²) in [6.45, 7) is 6.20. The lowest BCUT2D eigenvalue weighted by Gasteiger charge is -2.35. The summed E-state index contributed by atoms with van der Waals surface area (Å²) in [4.78, 5) is 21.0. The summed E-state index contributed by atoms with van der Waals surface area (Å²) < 4.78 is 28.1. The molecule has 0 spiro atoms. The molecule has 9 nitrogen and oxygen atoms in total. The molecule has 1 saturated heterocycles. The van der Waals surface area contributed by atoms with Crippen LogP contribution >= 0.6 is 23.2 Å². The molecule has 1 saturated carbocycles. The molecule has 48 heavy (non-hydrogen) atoms. The molecule has 1 aliphatic heterocycles. The van der Waals surface area contributed by atoms with E-state index >= 15 is 0 Å². The van der Waals surface area contributed by atoms with Crippen LogP contribution in [-0.2, 0) is 27.2 Å². The van der Waals surface area contributed by atoms with E-state index in [0.717, 1.165) is 61.1 Å². The van der Waals surface area contributed by atoms with Gasteiger partial charge in [0.2, 0.25) is 11.8 Å². The quantitative estimate of drug-likeness (QED) is 0.148. The smallest absolute Gasteiger partial charge is 0.228 e. The van der Waals surface area contributed by atoms with Gasteiger partial charge in [-0.25, -0.2) is 4.98 Å². The van der Waals surface area contributed by atoms with Gasteiger partial charge in [0.25, 0.3) is 0 Å². The third-order valence-electron chi connectivity index (χ3n) is 8.73. The van der Waals surface area contributed by atoms with Crippen molar-refractivity contribution in [2.24, 2.45) is 5.92 Å². The number of rotatable bonds is 18. The van der Waals surface area contributed by atoms with Gasteiger partial charge in [0.15, 0.2) is 5.75 Å². The van der Waals surface area contributed by atoms with Gasteiger partial charge < -0.3 is 33.9 Å². The number of ether oxygens (including phenoxy) is 5. The Balaban J connectivity index is 1.23. The van der Waals surface area contributed by atoms with Crippen molar-refractivity contribution >= 4 is 29.1 Å². The number of pyridine rings is 1. The van der Waals surface area contributed by atoms with Crippen LogP contribution in [0.2, 0.25) is 10.0 Å². The maximum atomic E-state index is 14.3. The molecule has 1 aliphatic carbocycles. The summed E-state index contributed by atoms with van der Waals surface area (Å²) in [7, 11) is 3.39. The minimum atomic E-state index is -0.187. The second-order valence-corrected chi connectivity index (χ2v) is 13.3. The predicted molar refractivity (Wildman–Crippen MR) is 188 cm³/mol. The predicted octanol–water partition coefficient (Wildman–Crippen LogP) is 6.64. The summed E-state index contributed by atoms with van der Waals surface area (Å²) in [5, 5.41) is 4.41. The molecule has 2 heterocycles. The third kappa shape index (κ3) is 10.2. The molecule has 0 radical (unpaired) electrons. The molecule has 2 unspecified atom stereocenters. The van der Waals surface area contributed by atoms with E-state index in [0.29, 0.717) is 54.6 Å². The number of hydrogen-bond donors (Lipinski definition) is 1. The van der Waals surface area contributed by atoms with Gasteiger partial charge in [0.1, 0.15) is 25.6 Å². The zero-order valence-corrected chi connectivity index (χ0v) is 29.7. The number of carbonyl (C=O) groups excluding carboxylic acids is 1. The average molecular weight is 701 g/mol. The molecule has 3 aromatic rings. The van der Waals surface area contributed by atoms with Gasteiger partial charge in [-0.3, -0.25) is 4.79 Å². The molecule has 2 fully saturated rings. The normalized spacial score (nSPS) is 17.6. The fourth-order valence-electron chi connectivity index (χ4n) is 6.22. The second kappa shape index (κ2) is 18.1. The lowest BCUT2D eigenvalue weighted by molar-refractivity contribution is -0.138. The van der Waals surface area contributed by atoms with E-state index in [1.54, 1.807) is 14.2 Å². The Morgan fingerprint density at radius 2 is 1.62 bits per heavy atom. The lowest BCUT2D eigenvalue weighted by Crippen LogP contribution is -2.47. The summed E-state index contributed by atoms with van der Waals surface area (Å²) in [5.41, 5.74) is 4.27. The monoisotopic (exact) mass is 699 g/mol. The van der Waals surface area contributed by atoms with E-state index < -0.39 is 0 Å². The largest absolute Gasteiger partial charge is 0.491 e. The molecule has 0 bridgehead atoms. The van der Waals surface area contributed by atoms with Crippen molar-refractivity contribution in [2.45, 2.75) is 57.5 Å². The van der Waals surface area contributed by atoms with E-state index in [4.69, 9.17) is 46.9 Å². The molecule has 5 rings (SSSR count). The highest BCUT2D eigenvalue weighted by Crippen LogP contribution is 2.37. The molecule has 2 aromatic carbocycles. The first-order valence-electron chi connectivity index (χ1n) is 16.8. The first-order chi connectivity index (χ1) is 23.4. The highest BCUT2D eigenvalue weighted by atomic mass is 35.5. The molecule has 2 aliphatic rings. The first kappa shape index (κ1) is 36.2. The zero-order valence-electron chi connectivity index (χ0n) is 28.1. The SMILES string of the molecule is COCCCc1cc(CN(C(=O)C2CNCCC2c2ccc(OCCOc3c(Cl)cc(C)cc3Cl)nc2)C2CC2)cc(OCCOC)c1. The maximum absolute atomic E-state index is 14.3. The number of nitrogens with one attached hydrogen (secondary N) is 1. The summed E-state index contributed by atoms with van der Waals surface area (Å²) >= 11 is 12.6. The van der Waals surface area contributed by atoms with E-state index in [-0.39, 0.29) is 37.0 Å². The van der Waals surface area contributed by atoms with E-state index in [1.807, 2.05) is 37.4 Å². The highest BCUT2D eigenvalue weighted by molar-refractivity contribution is 6.37. The standard InChI is InChI=1S/C37H47Cl2N3O6/c1-25-17-33(38)36(34(39)18-25)48-16-15-47-35-9-6-28(22-41-35)31-10-11-40-23-32(31)37(43)42(29-7-8-29)24-27-19-26(5-4-12-44-2)20-30(21-27)46-14-13-45-3/h6,9,17-22,29,31-32,40H,4-5,7-8,10-16,23-24H2,1-3H3. The average Bonchev–Trinajstić information content (AvgIpc) is 3.92. The van der Waals surface area contributed by atoms with Crippen molar-refractivity contribution in [3.05, 3.63) is 81.0 Å². The highest BCUT2D eigenvalue weighted by Gasteiger charge is 2.40. The van der Waals surface area contributed by atoms with E-state index in [2.05, 4.69) is 33.4 Å². The van der Waals surface area contributed by atoms with Crippen LogP contribution in [0.5, 0.6) is 17.4 Å². The van der Waals surface area contributed by atoms with Crippen LogP contribution in [-0.4, -0.2) is 82.2 Å². The number of benzene rings is 2. The molecule has 1 N–H and O–H groups in total. The van der Waals surface area contributed by atoms with Crippen LogP contribution in [0.1, 0.15) is 53.9 Å². The minimum Gasteiger partial charge on any atom is -0.491 e. The van der Waals surface area contributed by atoms with Crippen LogP contribution in [0.3, 0.4) is 0 Å².